The molecule has 0 aliphatic carbocycles. The number of hydrogen-bond donors (Lipinski definition) is 1. The first-order valence-electron chi connectivity index (χ1n) is 7.17. The van der Waals surface area contributed by atoms with Crippen LogP contribution < -0.4 is 4.74 Å². The molecule has 0 spiro atoms. The van der Waals surface area contributed by atoms with E-state index >= 15 is 0 Å². The van der Waals surface area contributed by atoms with Crippen LogP contribution in [0.15, 0.2) is 42.5 Å². The van der Waals surface area contributed by atoms with Crippen molar-refractivity contribution in [3.63, 3.8) is 0 Å². The number of nitriles is 1. The van der Waals surface area contributed by atoms with Gasteiger partial charge in [-0.1, -0.05) is 24.3 Å². The Morgan fingerprint density at radius 2 is 2.00 bits per heavy atom. The summed E-state index contributed by atoms with van der Waals surface area (Å²) >= 11 is 0. The molecule has 0 fully saturated rings. The van der Waals surface area contributed by atoms with Crippen LogP contribution in [0.2, 0.25) is 0 Å². The highest BCUT2D eigenvalue weighted by Gasteiger charge is 2.38. The lowest BCUT2D eigenvalue weighted by molar-refractivity contribution is 0.0508. The number of ether oxygens (including phenoxy) is 1. The molecule has 1 aliphatic rings. The highest BCUT2D eigenvalue weighted by Crippen LogP contribution is 2.41. The standard InChI is InChI=1S/C18H18N2O2/c1-20(2)12-18(21)15-5-3-4-6-17(15)22-11-14-8-7-13(10-19)9-16(14)18/h3-9,21H,11-12H2,1-2H3. The SMILES string of the molecule is CN(C)CC1(O)c2cc(C#N)ccc2COc2ccccc21. The van der Waals surface area contributed by atoms with Crippen molar-refractivity contribution >= 4 is 0 Å². The second kappa shape index (κ2) is 5.45. The minimum Gasteiger partial charge on any atom is -0.488 e. The van der Waals surface area contributed by atoms with Gasteiger partial charge in [0.2, 0.25) is 0 Å². The zero-order valence-electron chi connectivity index (χ0n) is 12.7. The van der Waals surface area contributed by atoms with Crippen molar-refractivity contribution in [2.24, 2.45) is 0 Å². The van der Waals surface area contributed by atoms with Gasteiger partial charge < -0.3 is 14.7 Å². The summed E-state index contributed by atoms with van der Waals surface area (Å²) in [5, 5.41) is 20.7. The largest absolute Gasteiger partial charge is 0.488 e. The number of para-hydroxylation sites is 1. The number of likely N-dealkylation sites (N-methyl/N-ethyl adjacent to an activating group) is 1. The van der Waals surface area contributed by atoms with E-state index in [1.54, 1.807) is 12.1 Å². The smallest absolute Gasteiger partial charge is 0.131 e. The van der Waals surface area contributed by atoms with Gasteiger partial charge in [-0.25, -0.2) is 0 Å². The third kappa shape index (κ3) is 2.35. The highest BCUT2D eigenvalue weighted by atomic mass is 16.5. The number of fused-ring (bicyclic) bond motifs is 2. The molecule has 0 saturated heterocycles. The summed E-state index contributed by atoms with van der Waals surface area (Å²) in [6.07, 6.45) is 0. The maximum absolute atomic E-state index is 11.5. The number of rotatable bonds is 2. The molecular formula is C18H18N2O2. The summed E-state index contributed by atoms with van der Waals surface area (Å²) < 4.78 is 5.86. The molecule has 1 aliphatic heterocycles. The fourth-order valence-corrected chi connectivity index (χ4v) is 3.02. The van der Waals surface area contributed by atoms with Gasteiger partial charge in [-0.3, -0.25) is 0 Å². The molecular weight excluding hydrogens is 276 g/mol. The fraction of sp³-hybridized carbons (Fsp3) is 0.278. The minimum atomic E-state index is -1.21. The van der Waals surface area contributed by atoms with Crippen LogP contribution in [-0.2, 0) is 12.2 Å². The minimum absolute atomic E-state index is 0.383. The predicted octanol–water partition coefficient (Wildman–Crippen LogP) is 2.25. The van der Waals surface area contributed by atoms with Crippen LogP contribution in [-0.4, -0.2) is 30.6 Å². The zero-order chi connectivity index (χ0) is 15.7. The van der Waals surface area contributed by atoms with Gasteiger partial charge in [0.05, 0.1) is 11.6 Å². The van der Waals surface area contributed by atoms with E-state index in [0.29, 0.717) is 24.5 Å². The second-order valence-electron chi connectivity index (χ2n) is 5.87. The van der Waals surface area contributed by atoms with Crippen LogP contribution in [0.4, 0.5) is 0 Å². The Balaban J connectivity index is 2.27. The van der Waals surface area contributed by atoms with Gasteiger partial charge in [-0.15, -0.1) is 0 Å². The predicted molar refractivity (Wildman–Crippen MR) is 83.5 cm³/mol. The number of nitrogens with zero attached hydrogens (tertiary/aromatic N) is 2. The van der Waals surface area contributed by atoms with Gasteiger partial charge >= 0.3 is 0 Å². The van der Waals surface area contributed by atoms with Gasteiger partial charge in [0.15, 0.2) is 0 Å². The van der Waals surface area contributed by atoms with Gasteiger partial charge in [0.25, 0.3) is 0 Å². The van der Waals surface area contributed by atoms with E-state index in [0.717, 1.165) is 16.7 Å². The molecule has 1 N–H and O–H groups in total. The summed E-state index contributed by atoms with van der Waals surface area (Å²) in [7, 11) is 3.83. The number of benzene rings is 2. The Bertz CT molecular complexity index is 749. The highest BCUT2D eigenvalue weighted by molar-refractivity contribution is 5.52. The molecule has 4 heteroatoms. The normalized spacial score (nSPS) is 19.6. The average molecular weight is 294 g/mol. The van der Waals surface area contributed by atoms with E-state index in [9.17, 15) is 10.4 Å². The Morgan fingerprint density at radius 3 is 2.73 bits per heavy atom. The van der Waals surface area contributed by atoms with Crippen LogP contribution in [0, 0.1) is 11.3 Å². The van der Waals surface area contributed by atoms with Crippen molar-refractivity contribution < 1.29 is 9.84 Å². The van der Waals surface area contributed by atoms with Crippen LogP contribution in [0.5, 0.6) is 5.75 Å². The van der Waals surface area contributed by atoms with E-state index in [1.807, 2.05) is 49.3 Å². The van der Waals surface area contributed by atoms with Crippen LogP contribution in [0.1, 0.15) is 22.3 Å². The Morgan fingerprint density at radius 1 is 1.23 bits per heavy atom. The maximum atomic E-state index is 11.5. The first kappa shape index (κ1) is 14.6. The molecule has 0 aromatic heterocycles. The van der Waals surface area contributed by atoms with E-state index in [-0.39, 0.29) is 0 Å². The number of hydrogen-bond acceptors (Lipinski definition) is 4. The lowest BCUT2D eigenvalue weighted by atomic mass is 9.82. The van der Waals surface area contributed by atoms with E-state index in [2.05, 4.69) is 6.07 Å². The van der Waals surface area contributed by atoms with Crippen LogP contribution >= 0.6 is 0 Å². The first-order valence-corrected chi connectivity index (χ1v) is 7.17. The van der Waals surface area contributed by atoms with Gasteiger partial charge in [-0.2, -0.15) is 5.26 Å². The third-order valence-corrected chi connectivity index (χ3v) is 3.95. The summed E-state index contributed by atoms with van der Waals surface area (Å²) in [5.41, 5.74) is 1.70. The molecule has 3 rings (SSSR count). The second-order valence-corrected chi connectivity index (χ2v) is 5.87. The average Bonchev–Trinajstić information content (AvgIpc) is 2.63. The van der Waals surface area contributed by atoms with E-state index in [1.165, 1.54) is 0 Å². The Kier molecular flexibility index (Phi) is 3.61. The van der Waals surface area contributed by atoms with Crippen molar-refractivity contribution in [3.8, 4) is 11.8 Å². The van der Waals surface area contributed by atoms with E-state index in [4.69, 9.17) is 4.74 Å². The monoisotopic (exact) mass is 294 g/mol. The Hall–Kier alpha value is -2.35. The van der Waals surface area contributed by atoms with Crippen molar-refractivity contribution in [2.45, 2.75) is 12.2 Å². The zero-order valence-corrected chi connectivity index (χ0v) is 12.7. The molecule has 0 amide bonds. The molecule has 112 valence electrons. The fourth-order valence-electron chi connectivity index (χ4n) is 3.02. The molecule has 22 heavy (non-hydrogen) atoms. The molecule has 0 radical (unpaired) electrons. The Labute approximate surface area is 130 Å². The third-order valence-electron chi connectivity index (χ3n) is 3.95. The molecule has 1 atom stereocenters. The lowest BCUT2D eigenvalue weighted by Crippen LogP contribution is -2.39. The molecule has 0 bridgehead atoms. The molecule has 2 aromatic rings. The lowest BCUT2D eigenvalue weighted by Gasteiger charge is -2.32. The topological polar surface area (TPSA) is 56.5 Å². The summed E-state index contributed by atoms with van der Waals surface area (Å²) in [5.74, 6) is 0.682. The van der Waals surface area contributed by atoms with Crippen molar-refractivity contribution in [3.05, 3.63) is 64.7 Å². The molecule has 1 unspecified atom stereocenters. The summed E-state index contributed by atoms with van der Waals surface area (Å²) in [6, 6.07) is 15.1. The van der Waals surface area contributed by atoms with Crippen molar-refractivity contribution in [1.29, 1.82) is 5.26 Å². The van der Waals surface area contributed by atoms with Gasteiger partial charge in [0.1, 0.15) is 18.0 Å². The van der Waals surface area contributed by atoms with Crippen LogP contribution in [0.3, 0.4) is 0 Å². The maximum Gasteiger partial charge on any atom is 0.131 e. The summed E-state index contributed by atoms with van der Waals surface area (Å²) in [4.78, 5) is 1.94. The molecule has 2 aromatic carbocycles. The summed E-state index contributed by atoms with van der Waals surface area (Å²) in [6.45, 7) is 0.795. The molecule has 0 saturated carbocycles. The van der Waals surface area contributed by atoms with Crippen LogP contribution in [0.25, 0.3) is 0 Å². The van der Waals surface area contributed by atoms with Gasteiger partial charge in [0, 0.05) is 12.1 Å². The van der Waals surface area contributed by atoms with E-state index < -0.39 is 5.60 Å². The van der Waals surface area contributed by atoms with Crippen molar-refractivity contribution in [2.75, 3.05) is 20.6 Å². The van der Waals surface area contributed by atoms with Crippen molar-refractivity contribution in [1.82, 2.24) is 4.90 Å². The molecule has 4 nitrogen and oxygen atoms in total. The van der Waals surface area contributed by atoms with Gasteiger partial charge in [-0.05, 0) is 43.4 Å². The quantitative estimate of drug-likeness (QED) is 0.923. The first-order chi connectivity index (χ1) is 10.5. The number of aliphatic hydroxyl groups is 1. The molecule has 1 heterocycles.